The Morgan fingerprint density at radius 1 is 1.26 bits per heavy atom. The third-order valence-corrected chi connectivity index (χ3v) is 2.54. The van der Waals surface area contributed by atoms with Gasteiger partial charge in [0.1, 0.15) is 0 Å². The molecule has 1 heterocycles. The van der Waals surface area contributed by atoms with Crippen molar-refractivity contribution in [3.05, 3.63) is 58.0 Å². The second-order valence-corrected chi connectivity index (χ2v) is 4.06. The van der Waals surface area contributed by atoms with E-state index in [1.54, 1.807) is 0 Å². The minimum absolute atomic E-state index is 0.0737. The smallest absolute Gasteiger partial charge is 0.264 e. The lowest BCUT2D eigenvalue weighted by Gasteiger charge is -2.01. The van der Waals surface area contributed by atoms with E-state index in [0.717, 1.165) is 11.3 Å². The van der Waals surface area contributed by atoms with Crippen LogP contribution in [0.1, 0.15) is 18.2 Å². The number of hydrazone groups is 1. The molecule has 0 radical (unpaired) electrons. The molecular formula is C13H14N4O2. The van der Waals surface area contributed by atoms with Crippen molar-refractivity contribution < 1.29 is 4.79 Å². The number of nitrogens with zero attached hydrogens (tertiary/aromatic N) is 1. The van der Waals surface area contributed by atoms with Gasteiger partial charge in [-0.05, 0) is 12.5 Å². The second-order valence-electron chi connectivity index (χ2n) is 4.06. The predicted octanol–water partition coefficient (Wildman–Crippen LogP) is 0.786. The van der Waals surface area contributed by atoms with Crippen LogP contribution in [0.15, 0.2) is 46.3 Å². The highest BCUT2D eigenvalue weighted by atomic mass is 16.2. The van der Waals surface area contributed by atoms with Gasteiger partial charge in [-0.25, -0.2) is 5.43 Å². The topological polar surface area (TPSA) is 90.1 Å². The van der Waals surface area contributed by atoms with Crippen LogP contribution in [0.3, 0.4) is 0 Å². The van der Waals surface area contributed by atoms with Crippen molar-refractivity contribution in [1.82, 2.24) is 15.6 Å². The molecule has 19 heavy (non-hydrogen) atoms. The van der Waals surface area contributed by atoms with Gasteiger partial charge in [-0.1, -0.05) is 30.3 Å². The van der Waals surface area contributed by atoms with E-state index in [1.807, 2.05) is 37.3 Å². The molecular weight excluding hydrogens is 244 g/mol. The fraction of sp³-hybridized carbons (Fsp3) is 0.154. The van der Waals surface area contributed by atoms with Crippen LogP contribution in [0.25, 0.3) is 0 Å². The van der Waals surface area contributed by atoms with E-state index in [0.29, 0.717) is 5.69 Å². The molecule has 0 aliphatic heterocycles. The zero-order chi connectivity index (χ0) is 13.7. The van der Waals surface area contributed by atoms with Gasteiger partial charge in [0.05, 0.1) is 12.1 Å². The number of hydrogen-bond donors (Lipinski definition) is 3. The van der Waals surface area contributed by atoms with Crippen LogP contribution in [0.5, 0.6) is 0 Å². The molecule has 1 aromatic carbocycles. The number of aromatic nitrogens is 2. The molecule has 0 aliphatic carbocycles. The summed E-state index contributed by atoms with van der Waals surface area (Å²) in [7, 11) is 0. The molecule has 0 unspecified atom stereocenters. The first-order valence-electron chi connectivity index (χ1n) is 5.80. The first kappa shape index (κ1) is 12.8. The Morgan fingerprint density at radius 3 is 2.63 bits per heavy atom. The van der Waals surface area contributed by atoms with E-state index in [1.165, 1.54) is 6.07 Å². The maximum absolute atomic E-state index is 11.6. The fourth-order valence-electron chi connectivity index (χ4n) is 1.57. The molecule has 1 amide bonds. The highest BCUT2D eigenvalue weighted by molar-refractivity contribution is 5.99. The van der Waals surface area contributed by atoms with E-state index in [4.69, 9.17) is 0 Å². The normalized spacial score (nSPS) is 11.3. The van der Waals surface area contributed by atoms with E-state index in [-0.39, 0.29) is 17.9 Å². The van der Waals surface area contributed by atoms with E-state index in [9.17, 15) is 9.59 Å². The van der Waals surface area contributed by atoms with E-state index in [2.05, 4.69) is 20.7 Å². The minimum Gasteiger partial charge on any atom is -0.302 e. The summed E-state index contributed by atoms with van der Waals surface area (Å²) in [4.78, 5) is 22.5. The van der Waals surface area contributed by atoms with Gasteiger partial charge in [-0.15, -0.1) is 0 Å². The van der Waals surface area contributed by atoms with Crippen molar-refractivity contribution in [1.29, 1.82) is 0 Å². The summed E-state index contributed by atoms with van der Waals surface area (Å²) in [6.07, 6.45) is 0.0737. The maximum atomic E-state index is 11.6. The van der Waals surface area contributed by atoms with Gasteiger partial charge in [-0.3, -0.25) is 14.7 Å². The number of hydrogen-bond acceptors (Lipinski definition) is 3. The molecule has 0 fully saturated rings. The molecule has 2 rings (SSSR count). The Bertz CT molecular complexity index is 640. The van der Waals surface area contributed by atoms with Crippen molar-refractivity contribution in [2.75, 3.05) is 0 Å². The van der Waals surface area contributed by atoms with Crippen LogP contribution in [0.4, 0.5) is 0 Å². The average Bonchev–Trinajstić information content (AvgIpc) is 2.82. The Morgan fingerprint density at radius 2 is 2.00 bits per heavy atom. The van der Waals surface area contributed by atoms with Crippen LogP contribution in [-0.2, 0) is 11.2 Å². The number of carbonyl (C=O) groups is 1. The first-order chi connectivity index (χ1) is 9.15. The minimum atomic E-state index is -0.287. The van der Waals surface area contributed by atoms with Crippen LogP contribution in [0, 0.1) is 0 Å². The molecule has 2 aromatic rings. The number of nitrogens with one attached hydrogen (secondary N) is 3. The summed E-state index contributed by atoms with van der Waals surface area (Å²) >= 11 is 0. The summed E-state index contributed by atoms with van der Waals surface area (Å²) in [6, 6.07) is 10.9. The van der Waals surface area contributed by atoms with Gasteiger partial charge in [0, 0.05) is 11.8 Å². The van der Waals surface area contributed by atoms with Crippen molar-refractivity contribution in [3.8, 4) is 0 Å². The zero-order valence-corrected chi connectivity index (χ0v) is 10.4. The summed E-state index contributed by atoms with van der Waals surface area (Å²) in [5, 5.41) is 8.99. The van der Waals surface area contributed by atoms with Crippen LogP contribution in [0.2, 0.25) is 0 Å². The molecule has 1 aromatic heterocycles. The summed E-state index contributed by atoms with van der Waals surface area (Å²) in [5.74, 6) is -0.287. The molecule has 6 heteroatoms. The van der Waals surface area contributed by atoms with E-state index < -0.39 is 0 Å². The number of rotatable bonds is 4. The van der Waals surface area contributed by atoms with Crippen molar-refractivity contribution in [3.63, 3.8) is 0 Å². The summed E-state index contributed by atoms with van der Waals surface area (Å²) < 4.78 is 0. The summed E-state index contributed by atoms with van der Waals surface area (Å²) in [6.45, 7) is 1.81. The lowest BCUT2D eigenvalue weighted by Crippen LogP contribution is -2.21. The third-order valence-electron chi connectivity index (χ3n) is 2.54. The van der Waals surface area contributed by atoms with Crippen molar-refractivity contribution in [2.45, 2.75) is 13.3 Å². The highest BCUT2D eigenvalue weighted by Crippen LogP contribution is 2.00. The van der Waals surface area contributed by atoms with Gasteiger partial charge < -0.3 is 5.10 Å². The Kier molecular flexibility index (Phi) is 3.92. The molecule has 3 N–H and O–H groups in total. The number of carbonyl (C=O) groups excluding carboxylic acids is 1. The Labute approximate surface area is 109 Å². The van der Waals surface area contributed by atoms with Gasteiger partial charge >= 0.3 is 0 Å². The highest BCUT2D eigenvalue weighted by Gasteiger charge is 2.04. The van der Waals surface area contributed by atoms with Crippen LogP contribution >= 0.6 is 0 Å². The molecule has 0 saturated carbocycles. The quantitative estimate of drug-likeness (QED) is 0.559. The monoisotopic (exact) mass is 258 g/mol. The number of benzene rings is 1. The molecule has 0 saturated heterocycles. The first-order valence-corrected chi connectivity index (χ1v) is 5.80. The van der Waals surface area contributed by atoms with Gasteiger partial charge in [0.15, 0.2) is 0 Å². The predicted molar refractivity (Wildman–Crippen MR) is 71.9 cm³/mol. The standard InChI is InChI=1S/C13H14N4O2/c1-9(10-5-3-2-4-6-10)14-16-12(18)7-11-8-13(19)17-15-11/h2-6,8H,7H2,1H3,(H,16,18)(H2,15,17,19). The second kappa shape index (κ2) is 5.81. The molecule has 0 bridgehead atoms. The summed E-state index contributed by atoms with van der Waals surface area (Å²) in [5.41, 5.74) is 4.38. The Balaban J connectivity index is 1.94. The van der Waals surface area contributed by atoms with Crippen molar-refractivity contribution >= 4 is 11.6 Å². The molecule has 0 aliphatic rings. The lowest BCUT2D eigenvalue weighted by atomic mass is 10.1. The van der Waals surface area contributed by atoms with Gasteiger partial charge in [0.2, 0.25) is 5.91 Å². The lowest BCUT2D eigenvalue weighted by molar-refractivity contribution is -0.120. The maximum Gasteiger partial charge on any atom is 0.264 e. The number of amides is 1. The van der Waals surface area contributed by atoms with Crippen LogP contribution in [-0.4, -0.2) is 21.8 Å². The average molecular weight is 258 g/mol. The molecule has 6 nitrogen and oxygen atoms in total. The zero-order valence-electron chi connectivity index (χ0n) is 10.4. The number of aromatic amines is 2. The van der Waals surface area contributed by atoms with Crippen molar-refractivity contribution in [2.24, 2.45) is 5.10 Å². The van der Waals surface area contributed by atoms with Crippen LogP contribution < -0.4 is 11.0 Å². The largest absolute Gasteiger partial charge is 0.302 e. The van der Waals surface area contributed by atoms with E-state index >= 15 is 0 Å². The van der Waals surface area contributed by atoms with Gasteiger partial charge in [0.25, 0.3) is 5.56 Å². The fourth-order valence-corrected chi connectivity index (χ4v) is 1.57. The molecule has 0 spiro atoms. The SMILES string of the molecule is CC(=NNC(=O)Cc1cc(=O)[nH][nH]1)c1ccccc1. The molecule has 98 valence electrons. The number of H-pyrrole nitrogens is 2. The molecule has 0 atom stereocenters. The third kappa shape index (κ3) is 3.67. The van der Waals surface area contributed by atoms with Gasteiger partial charge in [-0.2, -0.15) is 5.10 Å². The Hall–Kier alpha value is -2.63.